The Kier molecular flexibility index (Phi) is 7.29. The Morgan fingerprint density at radius 3 is 2.76 bits per heavy atom. The molecule has 0 bridgehead atoms. The van der Waals surface area contributed by atoms with Gasteiger partial charge in [0.05, 0.1) is 10.0 Å². The molecule has 0 saturated carbocycles. The van der Waals surface area contributed by atoms with Crippen molar-refractivity contribution in [2.24, 2.45) is 5.92 Å². The summed E-state index contributed by atoms with van der Waals surface area (Å²) in [6.45, 7) is 3.90. The Balaban J connectivity index is 2.25. The smallest absolute Gasteiger partial charge is 0.0637 e. The SMILES string of the molecule is CC(CCl)CCCNCc1cccc(Cl)c1Cl. The molecule has 1 aromatic carbocycles. The largest absolute Gasteiger partial charge is 0.313 e. The van der Waals surface area contributed by atoms with Gasteiger partial charge in [0.1, 0.15) is 0 Å². The summed E-state index contributed by atoms with van der Waals surface area (Å²) >= 11 is 17.8. The number of hydrogen-bond donors (Lipinski definition) is 1. The molecule has 0 saturated heterocycles. The van der Waals surface area contributed by atoms with Crippen LogP contribution >= 0.6 is 34.8 Å². The molecule has 1 rings (SSSR count). The van der Waals surface area contributed by atoms with Crippen LogP contribution < -0.4 is 5.32 Å². The minimum atomic E-state index is 0.591. The van der Waals surface area contributed by atoms with E-state index in [2.05, 4.69) is 12.2 Å². The molecule has 1 unspecified atom stereocenters. The van der Waals surface area contributed by atoms with Crippen molar-refractivity contribution in [3.63, 3.8) is 0 Å². The van der Waals surface area contributed by atoms with Crippen LogP contribution in [0.15, 0.2) is 18.2 Å². The number of alkyl halides is 1. The normalized spacial score (nSPS) is 12.7. The third-order valence-electron chi connectivity index (χ3n) is 2.66. The van der Waals surface area contributed by atoms with Crippen molar-refractivity contribution < 1.29 is 0 Å². The molecule has 0 fully saturated rings. The predicted molar refractivity (Wildman–Crippen MR) is 77.3 cm³/mol. The molecule has 0 aromatic heterocycles. The predicted octanol–water partition coefficient (Wildman–Crippen LogP) is 4.74. The minimum absolute atomic E-state index is 0.591. The molecule has 0 aliphatic heterocycles. The quantitative estimate of drug-likeness (QED) is 0.566. The zero-order valence-electron chi connectivity index (χ0n) is 9.98. The van der Waals surface area contributed by atoms with Gasteiger partial charge in [-0.2, -0.15) is 0 Å². The van der Waals surface area contributed by atoms with Gasteiger partial charge >= 0.3 is 0 Å². The summed E-state index contributed by atoms with van der Waals surface area (Å²) in [7, 11) is 0. The van der Waals surface area contributed by atoms with E-state index in [0.29, 0.717) is 16.0 Å². The van der Waals surface area contributed by atoms with E-state index < -0.39 is 0 Å². The highest BCUT2D eigenvalue weighted by Gasteiger charge is 2.03. The lowest BCUT2D eigenvalue weighted by Crippen LogP contribution is -2.16. The molecule has 1 N–H and O–H groups in total. The van der Waals surface area contributed by atoms with Gasteiger partial charge in [-0.3, -0.25) is 0 Å². The second-order valence-electron chi connectivity index (χ2n) is 4.29. The first-order valence-electron chi connectivity index (χ1n) is 5.84. The summed E-state index contributed by atoms with van der Waals surface area (Å²) in [5, 5.41) is 4.62. The third-order valence-corrected chi connectivity index (χ3v) is 4.05. The van der Waals surface area contributed by atoms with E-state index in [1.165, 1.54) is 0 Å². The summed E-state index contributed by atoms with van der Waals surface area (Å²) in [5.74, 6) is 1.33. The summed E-state index contributed by atoms with van der Waals surface area (Å²) in [6.07, 6.45) is 2.28. The van der Waals surface area contributed by atoms with Gasteiger partial charge in [-0.05, 0) is 36.9 Å². The number of hydrogen-bond acceptors (Lipinski definition) is 1. The monoisotopic (exact) mass is 293 g/mol. The van der Waals surface area contributed by atoms with Crippen LogP contribution in [0.3, 0.4) is 0 Å². The fourth-order valence-electron chi connectivity index (χ4n) is 1.56. The van der Waals surface area contributed by atoms with Crippen LogP contribution in [0.2, 0.25) is 10.0 Å². The number of benzene rings is 1. The standard InChI is InChI=1S/C13H18Cl3N/c1-10(8-14)4-3-7-17-9-11-5-2-6-12(15)13(11)16/h2,5-6,10,17H,3-4,7-9H2,1H3. The van der Waals surface area contributed by atoms with Gasteiger partial charge < -0.3 is 5.32 Å². The second kappa shape index (κ2) is 8.20. The van der Waals surface area contributed by atoms with Gasteiger partial charge in [0.25, 0.3) is 0 Å². The van der Waals surface area contributed by atoms with Crippen molar-refractivity contribution in [2.75, 3.05) is 12.4 Å². The van der Waals surface area contributed by atoms with E-state index in [0.717, 1.165) is 37.4 Å². The first-order chi connectivity index (χ1) is 8.15. The minimum Gasteiger partial charge on any atom is -0.313 e. The van der Waals surface area contributed by atoms with Gasteiger partial charge in [0, 0.05) is 12.4 Å². The van der Waals surface area contributed by atoms with Gasteiger partial charge in [-0.25, -0.2) is 0 Å². The van der Waals surface area contributed by atoms with Crippen LogP contribution in [0.1, 0.15) is 25.3 Å². The number of halogens is 3. The maximum atomic E-state index is 6.09. The highest BCUT2D eigenvalue weighted by Crippen LogP contribution is 2.25. The van der Waals surface area contributed by atoms with Gasteiger partial charge in [0.15, 0.2) is 0 Å². The summed E-state index contributed by atoms with van der Waals surface area (Å²) in [6, 6.07) is 5.71. The topological polar surface area (TPSA) is 12.0 Å². The Morgan fingerprint density at radius 1 is 1.29 bits per heavy atom. The van der Waals surface area contributed by atoms with Crippen LogP contribution in [0.5, 0.6) is 0 Å². The van der Waals surface area contributed by atoms with Crippen molar-refractivity contribution in [1.82, 2.24) is 5.32 Å². The first-order valence-corrected chi connectivity index (χ1v) is 7.13. The van der Waals surface area contributed by atoms with E-state index in [1.807, 2.05) is 12.1 Å². The molecule has 17 heavy (non-hydrogen) atoms. The van der Waals surface area contributed by atoms with Crippen molar-refractivity contribution in [2.45, 2.75) is 26.3 Å². The zero-order chi connectivity index (χ0) is 12.7. The van der Waals surface area contributed by atoms with Crippen molar-refractivity contribution in [3.05, 3.63) is 33.8 Å². The van der Waals surface area contributed by atoms with Crippen LogP contribution in [0.4, 0.5) is 0 Å². The van der Waals surface area contributed by atoms with Gasteiger partial charge in [-0.15, -0.1) is 11.6 Å². The molecule has 0 spiro atoms. The average Bonchev–Trinajstić information content (AvgIpc) is 2.33. The molecular formula is C13H18Cl3N. The maximum Gasteiger partial charge on any atom is 0.0637 e. The molecular weight excluding hydrogens is 277 g/mol. The molecule has 0 amide bonds. The van der Waals surface area contributed by atoms with E-state index in [9.17, 15) is 0 Å². The fraction of sp³-hybridized carbons (Fsp3) is 0.538. The first kappa shape index (κ1) is 15.1. The van der Waals surface area contributed by atoms with Crippen molar-refractivity contribution in [3.8, 4) is 0 Å². The number of nitrogens with one attached hydrogen (secondary N) is 1. The van der Waals surface area contributed by atoms with Crippen LogP contribution in [0.25, 0.3) is 0 Å². The molecule has 0 heterocycles. The van der Waals surface area contributed by atoms with E-state index in [-0.39, 0.29) is 0 Å². The molecule has 0 aliphatic carbocycles. The summed E-state index contributed by atoms with van der Waals surface area (Å²) < 4.78 is 0. The molecule has 0 aliphatic rings. The molecule has 96 valence electrons. The van der Waals surface area contributed by atoms with E-state index in [1.54, 1.807) is 6.07 Å². The lowest BCUT2D eigenvalue weighted by molar-refractivity contribution is 0.531. The van der Waals surface area contributed by atoms with Crippen LogP contribution in [-0.4, -0.2) is 12.4 Å². The molecule has 1 nitrogen and oxygen atoms in total. The van der Waals surface area contributed by atoms with E-state index in [4.69, 9.17) is 34.8 Å². The molecule has 4 heteroatoms. The molecule has 1 aromatic rings. The van der Waals surface area contributed by atoms with Crippen molar-refractivity contribution in [1.29, 1.82) is 0 Å². The van der Waals surface area contributed by atoms with E-state index >= 15 is 0 Å². The Bertz CT molecular complexity index is 341. The number of rotatable bonds is 7. The van der Waals surface area contributed by atoms with Crippen LogP contribution in [-0.2, 0) is 6.54 Å². The Morgan fingerprint density at radius 2 is 2.06 bits per heavy atom. The highest BCUT2D eigenvalue weighted by atomic mass is 35.5. The summed E-state index contributed by atoms with van der Waals surface area (Å²) in [4.78, 5) is 0. The Labute approximate surface area is 118 Å². The Hall–Kier alpha value is 0.0500. The zero-order valence-corrected chi connectivity index (χ0v) is 12.2. The van der Waals surface area contributed by atoms with Gasteiger partial charge in [0.2, 0.25) is 0 Å². The second-order valence-corrected chi connectivity index (χ2v) is 5.39. The average molecular weight is 295 g/mol. The lowest BCUT2D eigenvalue weighted by Gasteiger charge is -2.09. The molecule has 1 atom stereocenters. The third kappa shape index (κ3) is 5.48. The molecule has 0 radical (unpaired) electrons. The highest BCUT2D eigenvalue weighted by molar-refractivity contribution is 6.42. The maximum absolute atomic E-state index is 6.09. The van der Waals surface area contributed by atoms with Crippen molar-refractivity contribution >= 4 is 34.8 Å². The lowest BCUT2D eigenvalue weighted by atomic mass is 10.1. The fourth-order valence-corrected chi connectivity index (χ4v) is 2.10. The van der Waals surface area contributed by atoms with Crippen LogP contribution in [0, 0.1) is 5.92 Å². The van der Waals surface area contributed by atoms with Gasteiger partial charge in [-0.1, -0.05) is 42.3 Å². The summed E-state index contributed by atoms with van der Waals surface area (Å²) in [5.41, 5.74) is 1.05.